The Morgan fingerprint density at radius 2 is 2.27 bits per heavy atom. The molecule has 3 heteroatoms. The highest BCUT2D eigenvalue weighted by molar-refractivity contribution is 7.99. The lowest BCUT2D eigenvalue weighted by molar-refractivity contribution is 0.587. The minimum Gasteiger partial charge on any atom is -0.247 e. The zero-order valence-corrected chi connectivity index (χ0v) is 7.36. The SMILES string of the molecule is CC(C)Sc1ncccc1F. The molecule has 1 aromatic heterocycles. The Kier molecular flexibility index (Phi) is 2.88. The molecule has 0 aromatic carbocycles. The summed E-state index contributed by atoms with van der Waals surface area (Å²) in [5.41, 5.74) is 0. The minimum absolute atomic E-state index is 0.230. The summed E-state index contributed by atoms with van der Waals surface area (Å²) in [6, 6.07) is 3.03. The molecule has 0 aliphatic rings. The maximum atomic E-state index is 12.9. The van der Waals surface area contributed by atoms with Crippen molar-refractivity contribution in [1.82, 2.24) is 4.98 Å². The topological polar surface area (TPSA) is 12.9 Å². The molecule has 0 aliphatic heterocycles. The van der Waals surface area contributed by atoms with E-state index in [0.717, 1.165) is 0 Å². The van der Waals surface area contributed by atoms with Gasteiger partial charge in [-0.3, -0.25) is 0 Å². The molecule has 0 bridgehead atoms. The van der Waals surface area contributed by atoms with Crippen LogP contribution in [0, 0.1) is 5.82 Å². The highest BCUT2D eigenvalue weighted by atomic mass is 32.2. The highest BCUT2D eigenvalue weighted by Crippen LogP contribution is 2.22. The first-order valence-corrected chi connectivity index (χ1v) is 4.35. The number of pyridine rings is 1. The predicted molar refractivity (Wildman–Crippen MR) is 45.2 cm³/mol. The van der Waals surface area contributed by atoms with E-state index in [0.29, 0.717) is 10.3 Å². The van der Waals surface area contributed by atoms with Crippen molar-refractivity contribution < 1.29 is 4.39 Å². The van der Waals surface area contributed by atoms with Crippen LogP contribution in [0.15, 0.2) is 23.4 Å². The van der Waals surface area contributed by atoms with Crippen molar-refractivity contribution in [1.29, 1.82) is 0 Å². The van der Waals surface area contributed by atoms with Crippen molar-refractivity contribution in [2.75, 3.05) is 0 Å². The summed E-state index contributed by atoms with van der Waals surface area (Å²) >= 11 is 1.44. The van der Waals surface area contributed by atoms with Crippen LogP contribution >= 0.6 is 11.8 Å². The van der Waals surface area contributed by atoms with Gasteiger partial charge < -0.3 is 0 Å². The number of hydrogen-bond donors (Lipinski definition) is 0. The summed E-state index contributed by atoms with van der Waals surface area (Å²) in [6.07, 6.45) is 1.60. The van der Waals surface area contributed by atoms with Gasteiger partial charge in [-0.1, -0.05) is 13.8 Å². The van der Waals surface area contributed by atoms with Crippen LogP contribution in [0.1, 0.15) is 13.8 Å². The smallest absolute Gasteiger partial charge is 0.155 e. The number of hydrogen-bond acceptors (Lipinski definition) is 2. The fraction of sp³-hybridized carbons (Fsp3) is 0.375. The molecule has 1 nitrogen and oxygen atoms in total. The molecular formula is C8H10FNS. The van der Waals surface area contributed by atoms with Crippen molar-refractivity contribution in [3.05, 3.63) is 24.1 Å². The zero-order valence-electron chi connectivity index (χ0n) is 6.54. The largest absolute Gasteiger partial charge is 0.247 e. The maximum Gasteiger partial charge on any atom is 0.155 e. The highest BCUT2D eigenvalue weighted by Gasteiger charge is 2.04. The lowest BCUT2D eigenvalue weighted by Gasteiger charge is -2.03. The molecule has 0 saturated heterocycles. The number of halogens is 1. The summed E-state index contributed by atoms with van der Waals surface area (Å²) < 4.78 is 12.9. The van der Waals surface area contributed by atoms with Crippen LogP contribution in [0.4, 0.5) is 4.39 Å². The van der Waals surface area contributed by atoms with E-state index in [2.05, 4.69) is 4.98 Å². The molecule has 60 valence electrons. The third kappa shape index (κ3) is 2.50. The van der Waals surface area contributed by atoms with Crippen LogP contribution in [0.5, 0.6) is 0 Å². The number of nitrogens with zero attached hydrogens (tertiary/aromatic N) is 1. The third-order valence-corrected chi connectivity index (χ3v) is 2.07. The summed E-state index contributed by atoms with van der Waals surface area (Å²) in [7, 11) is 0. The second kappa shape index (κ2) is 3.72. The van der Waals surface area contributed by atoms with Gasteiger partial charge >= 0.3 is 0 Å². The van der Waals surface area contributed by atoms with Gasteiger partial charge in [0.1, 0.15) is 5.03 Å². The van der Waals surface area contributed by atoms with E-state index in [4.69, 9.17) is 0 Å². The number of rotatable bonds is 2. The van der Waals surface area contributed by atoms with Gasteiger partial charge in [-0.2, -0.15) is 0 Å². The molecule has 0 aliphatic carbocycles. The second-order valence-corrected chi connectivity index (χ2v) is 4.02. The van der Waals surface area contributed by atoms with Crippen molar-refractivity contribution >= 4 is 11.8 Å². The first-order chi connectivity index (χ1) is 5.20. The van der Waals surface area contributed by atoms with Crippen molar-refractivity contribution in [3.63, 3.8) is 0 Å². The summed E-state index contributed by atoms with van der Waals surface area (Å²) in [5, 5.41) is 0.863. The van der Waals surface area contributed by atoms with Gasteiger partial charge in [0.25, 0.3) is 0 Å². The standard InChI is InChI=1S/C8H10FNS/c1-6(2)11-8-7(9)4-3-5-10-8/h3-6H,1-2H3. The van der Waals surface area contributed by atoms with Crippen molar-refractivity contribution in [2.24, 2.45) is 0 Å². The van der Waals surface area contributed by atoms with Crippen LogP contribution in [0.2, 0.25) is 0 Å². The van der Waals surface area contributed by atoms with Gasteiger partial charge in [-0.15, -0.1) is 11.8 Å². The van der Waals surface area contributed by atoms with E-state index < -0.39 is 0 Å². The molecule has 1 aromatic rings. The molecule has 0 spiro atoms. The van der Waals surface area contributed by atoms with Gasteiger partial charge in [-0.25, -0.2) is 9.37 Å². The van der Waals surface area contributed by atoms with Gasteiger partial charge in [0.15, 0.2) is 5.82 Å². The van der Waals surface area contributed by atoms with E-state index in [9.17, 15) is 4.39 Å². The van der Waals surface area contributed by atoms with Gasteiger partial charge in [0.05, 0.1) is 0 Å². The van der Waals surface area contributed by atoms with Crippen molar-refractivity contribution in [3.8, 4) is 0 Å². The lowest BCUT2D eigenvalue weighted by atomic mass is 10.5. The molecule has 0 fully saturated rings. The fourth-order valence-electron chi connectivity index (χ4n) is 0.681. The van der Waals surface area contributed by atoms with Crippen LogP contribution in [0.3, 0.4) is 0 Å². The Morgan fingerprint density at radius 3 is 2.82 bits per heavy atom. The minimum atomic E-state index is -0.230. The second-order valence-electron chi connectivity index (χ2n) is 2.46. The Morgan fingerprint density at radius 1 is 1.55 bits per heavy atom. The van der Waals surface area contributed by atoms with Gasteiger partial charge in [0, 0.05) is 11.4 Å². The van der Waals surface area contributed by atoms with E-state index in [-0.39, 0.29) is 5.82 Å². The Bertz CT molecular complexity index is 237. The number of aromatic nitrogens is 1. The summed E-state index contributed by atoms with van der Waals surface area (Å²) in [6.45, 7) is 4.03. The molecule has 0 atom stereocenters. The third-order valence-electron chi connectivity index (χ3n) is 1.07. The van der Waals surface area contributed by atoms with E-state index in [1.807, 2.05) is 13.8 Å². The average molecular weight is 171 g/mol. The van der Waals surface area contributed by atoms with Gasteiger partial charge in [0.2, 0.25) is 0 Å². The normalized spacial score (nSPS) is 10.5. The molecular weight excluding hydrogens is 161 g/mol. The monoisotopic (exact) mass is 171 g/mol. The van der Waals surface area contributed by atoms with Crippen LogP contribution < -0.4 is 0 Å². The Labute approximate surface area is 70.0 Å². The molecule has 1 rings (SSSR count). The molecule has 0 radical (unpaired) electrons. The maximum absolute atomic E-state index is 12.9. The molecule has 11 heavy (non-hydrogen) atoms. The number of thioether (sulfide) groups is 1. The quantitative estimate of drug-likeness (QED) is 0.634. The van der Waals surface area contributed by atoms with E-state index in [1.54, 1.807) is 12.3 Å². The van der Waals surface area contributed by atoms with Crippen LogP contribution in [-0.2, 0) is 0 Å². The predicted octanol–water partition coefficient (Wildman–Crippen LogP) is 2.72. The van der Waals surface area contributed by atoms with Crippen molar-refractivity contribution in [2.45, 2.75) is 24.1 Å². The van der Waals surface area contributed by atoms with Crippen LogP contribution in [-0.4, -0.2) is 10.2 Å². The average Bonchev–Trinajstić information content (AvgIpc) is 1.93. The Balaban J connectivity index is 2.78. The first kappa shape index (κ1) is 8.53. The fourth-order valence-corrected chi connectivity index (χ4v) is 1.43. The molecule has 0 N–H and O–H groups in total. The van der Waals surface area contributed by atoms with E-state index >= 15 is 0 Å². The molecule has 0 unspecified atom stereocenters. The Hall–Kier alpha value is -0.570. The summed E-state index contributed by atoms with van der Waals surface area (Å²) in [5.74, 6) is -0.230. The molecule has 0 amide bonds. The zero-order chi connectivity index (χ0) is 8.27. The first-order valence-electron chi connectivity index (χ1n) is 3.47. The summed E-state index contributed by atoms with van der Waals surface area (Å²) in [4.78, 5) is 3.91. The molecule has 1 heterocycles. The molecule has 0 saturated carbocycles. The van der Waals surface area contributed by atoms with Crippen LogP contribution in [0.25, 0.3) is 0 Å². The lowest BCUT2D eigenvalue weighted by Crippen LogP contribution is -1.91. The van der Waals surface area contributed by atoms with Gasteiger partial charge in [-0.05, 0) is 12.1 Å². The van der Waals surface area contributed by atoms with E-state index in [1.165, 1.54) is 17.8 Å².